The minimum absolute atomic E-state index is 0.135. The maximum Gasteiger partial charge on any atom is 0.129 e. The quantitative estimate of drug-likeness (QED) is 0.738. The van der Waals surface area contributed by atoms with E-state index in [0.717, 1.165) is 11.5 Å². The summed E-state index contributed by atoms with van der Waals surface area (Å²) in [5.41, 5.74) is 0.135. The van der Waals surface area contributed by atoms with Crippen molar-refractivity contribution in [1.82, 2.24) is 0 Å². The smallest absolute Gasteiger partial charge is 0.129 e. The van der Waals surface area contributed by atoms with E-state index >= 15 is 0 Å². The molecule has 0 unspecified atom stereocenters. The highest BCUT2D eigenvalue weighted by Gasteiger charge is 2.15. The van der Waals surface area contributed by atoms with Crippen molar-refractivity contribution in [3.8, 4) is 0 Å². The van der Waals surface area contributed by atoms with Crippen LogP contribution in [0.2, 0.25) is 0 Å². The van der Waals surface area contributed by atoms with Gasteiger partial charge in [-0.15, -0.1) is 0 Å². The molecule has 1 aromatic heterocycles. The molecule has 0 aromatic carbocycles. The summed E-state index contributed by atoms with van der Waals surface area (Å²) in [6.07, 6.45) is 1.66. The molecule has 0 aliphatic rings. The molecule has 0 atom stereocenters. The van der Waals surface area contributed by atoms with E-state index in [1.807, 2.05) is 12.1 Å². The molecule has 0 aliphatic heterocycles. The molecule has 0 aliphatic carbocycles. The van der Waals surface area contributed by atoms with Crippen molar-refractivity contribution in [3.63, 3.8) is 0 Å². The minimum atomic E-state index is 0.135. The summed E-state index contributed by atoms with van der Waals surface area (Å²) in [5.74, 6) is 1.69. The predicted molar refractivity (Wildman–Crippen MR) is 56.0 cm³/mol. The molecule has 1 rings (SSSR count). The van der Waals surface area contributed by atoms with Gasteiger partial charge in [-0.1, -0.05) is 13.8 Å². The van der Waals surface area contributed by atoms with Gasteiger partial charge in [-0.05, 0) is 23.3 Å². The van der Waals surface area contributed by atoms with Gasteiger partial charge in [0.15, 0.2) is 0 Å². The molecule has 13 heavy (non-hydrogen) atoms. The summed E-state index contributed by atoms with van der Waals surface area (Å²) >= 11 is 4.25. The van der Waals surface area contributed by atoms with Crippen LogP contribution in [0, 0.1) is 5.41 Å². The molecule has 0 radical (unpaired) electrons. The van der Waals surface area contributed by atoms with Crippen LogP contribution in [0.25, 0.3) is 0 Å². The molecule has 0 bridgehead atoms. The van der Waals surface area contributed by atoms with Gasteiger partial charge in [-0.3, -0.25) is 0 Å². The molecule has 0 spiro atoms. The predicted octanol–water partition coefficient (Wildman–Crippen LogP) is 2.75. The molecule has 0 fully saturated rings. The van der Waals surface area contributed by atoms with E-state index < -0.39 is 0 Å². The van der Waals surface area contributed by atoms with Gasteiger partial charge in [-0.2, -0.15) is 12.6 Å². The molecular weight excluding hydrogens is 184 g/mol. The second-order valence-electron chi connectivity index (χ2n) is 3.89. The van der Waals surface area contributed by atoms with Gasteiger partial charge in [0.2, 0.25) is 0 Å². The number of hydrogen-bond acceptors (Lipinski definition) is 3. The van der Waals surface area contributed by atoms with Crippen LogP contribution < -0.4 is 0 Å². The van der Waals surface area contributed by atoms with Crippen molar-refractivity contribution in [1.29, 1.82) is 0 Å². The van der Waals surface area contributed by atoms with Crippen LogP contribution in [-0.2, 0) is 11.3 Å². The van der Waals surface area contributed by atoms with E-state index in [4.69, 9.17) is 9.15 Å². The van der Waals surface area contributed by atoms with Gasteiger partial charge in [-0.25, -0.2) is 0 Å². The molecule has 1 heterocycles. The molecule has 0 saturated heterocycles. The third-order valence-electron chi connectivity index (χ3n) is 1.75. The highest BCUT2D eigenvalue weighted by atomic mass is 32.1. The van der Waals surface area contributed by atoms with Crippen molar-refractivity contribution in [2.75, 3.05) is 12.4 Å². The fourth-order valence-electron chi connectivity index (χ4n) is 0.868. The fourth-order valence-corrected chi connectivity index (χ4v) is 0.960. The first-order valence-electron chi connectivity index (χ1n) is 4.35. The first-order valence-corrected chi connectivity index (χ1v) is 4.98. The molecule has 0 saturated carbocycles. The Balaban J connectivity index is 2.21. The first kappa shape index (κ1) is 10.7. The van der Waals surface area contributed by atoms with E-state index in [1.54, 1.807) is 6.26 Å². The lowest BCUT2D eigenvalue weighted by Crippen LogP contribution is -2.20. The zero-order valence-electron chi connectivity index (χ0n) is 8.12. The molecule has 0 amide bonds. The topological polar surface area (TPSA) is 22.4 Å². The van der Waals surface area contributed by atoms with Crippen LogP contribution in [0.5, 0.6) is 0 Å². The molecule has 1 aromatic rings. The van der Waals surface area contributed by atoms with E-state index in [-0.39, 0.29) is 5.41 Å². The average Bonchev–Trinajstić information content (AvgIpc) is 2.57. The highest BCUT2D eigenvalue weighted by Crippen LogP contribution is 2.17. The third kappa shape index (κ3) is 3.87. The second kappa shape index (κ2) is 4.72. The fraction of sp³-hybridized carbons (Fsp3) is 0.600. The van der Waals surface area contributed by atoms with Crippen molar-refractivity contribution in [3.05, 3.63) is 24.2 Å². The van der Waals surface area contributed by atoms with Gasteiger partial charge < -0.3 is 9.15 Å². The van der Waals surface area contributed by atoms with Gasteiger partial charge >= 0.3 is 0 Å². The molecule has 74 valence electrons. The monoisotopic (exact) mass is 200 g/mol. The standard InChI is InChI=1S/C10H16O2S/c1-10(2,8-13)7-11-6-9-4-3-5-12-9/h3-5,13H,6-8H2,1-2H3. The molecule has 2 nitrogen and oxygen atoms in total. The molecular formula is C10H16O2S. The third-order valence-corrected chi connectivity index (χ3v) is 2.60. The normalized spacial score (nSPS) is 11.9. The van der Waals surface area contributed by atoms with Crippen molar-refractivity contribution in [2.45, 2.75) is 20.5 Å². The summed E-state index contributed by atoms with van der Waals surface area (Å²) in [4.78, 5) is 0. The maximum atomic E-state index is 5.49. The summed E-state index contributed by atoms with van der Waals surface area (Å²) in [6, 6.07) is 3.77. The van der Waals surface area contributed by atoms with Crippen molar-refractivity contribution in [2.24, 2.45) is 5.41 Å². The number of furan rings is 1. The van der Waals surface area contributed by atoms with E-state index in [1.165, 1.54) is 0 Å². The van der Waals surface area contributed by atoms with E-state index in [2.05, 4.69) is 26.5 Å². The lowest BCUT2D eigenvalue weighted by atomic mass is 9.98. The zero-order valence-corrected chi connectivity index (χ0v) is 9.01. The Hall–Kier alpha value is -0.410. The minimum Gasteiger partial charge on any atom is -0.467 e. The van der Waals surface area contributed by atoms with E-state index in [9.17, 15) is 0 Å². The number of ether oxygens (including phenoxy) is 1. The Morgan fingerprint density at radius 1 is 1.54 bits per heavy atom. The van der Waals surface area contributed by atoms with Crippen molar-refractivity contribution < 1.29 is 9.15 Å². The van der Waals surface area contributed by atoms with Crippen LogP contribution >= 0.6 is 12.6 Å². The van der Waals surface area contributed by atoms with Gasteiger partial charge in [0.1, 0.15) is 12.4 Å². The highest BCUT2D eigenvalue weighted by molar-refractivity contribution is 7.80. The Morgan fingerprint density at radius 3 is 2.85 bits per heavy atom. The van der Waals surface area contributed by atoms with Gasteiger partial charge in [0, 0.05) is 0 Å². The first-order chi connectivity index (χ1) is 6.14. The maximum absolute atomic E-state index is 5.49. The Kier molecular flexibility index (Phi) is 3.88. The average molecular weight is 200 g/mol. The Morgan fingerprint density at radius 2 is 2.31 bits per heavy atom. The Labute approximate surface area is 84.7 Å². The lowest BCUT2D eigenvalue weighted by Gasteiger charge is -2.21. The second-order valence-corrected chi connectivity index (χ2v) is 4.21. The van der Waals surface area contributed by atoms with Crippen LogP contribution in [0.1, 0.15) is 19.6 Å². The summed E-state index contributed by atoms with van der Waals surface area (Å²) in [7, 11) is 0. The van der Waals surface area contributed by atoms with Crippen molar-refractivity contribution >= 4 is 12.6 Å². The van der Waals surface area contributed by atoms with Crippen LogP contribution in [0.15, 0.2) is 22.8 Å². The van der Waals surface area contributed by atoms with Crippen LogP contribution in [0.4, 0.5) is 0 Å². The Bertz CT molecular complexity index is 229. The lowest BCUT2D eigenvalue weighted by molar-refractivity contribution is 0.0524. The molecule has 3 heteroatoms. The number of thiol groups is 1. The molecule has 0 N–H and O–H groups in total. The van der Waals surface area contributed by atoms with Gasteiger partial charge in [0.25, 0.3) is 0 Å². The van der Waals surface area contributed by atoms with Gasteiger partial charge in [0.05, 0.1) is 12.9 Å². The zero-order chi connectivity index (χ0) is 9.73. The number of rotatable bonds is 5. The van der Waals surface area contributed by atoms with Crippen LogP contribution in [-0.4, -0.2) is 12.4 Å². The SMILES string of the molecule is CC(C)(CS)COCc1ccco1. The van der Waals surface area contributed by atoms with E-state index in [0.29, 0.717) is 13.2 Å². The largest absolute Gasteiger partial charge is 0.467 e. The summed E-state index contributed by atoms with van der Waals surface area (Å²) < 4.78 is 10.6. The van der Waals surface area contributed by atoms with Crippen LogP contribution in [0.3, 0.4) is 0 Å². The summed E-state index contributed by atoms with van der Waals surface area (Å²) in [5, 5.41) is 0. The number of hydrogen-bond donors (Lipinski definition) is 1. The summed E-state index contributed by atoms with van der Waals surface area (Å²) in [6.45, 7) is 5.51.